The Morgan fingerprint density at radius 1 is 1.58 bits per heavy atom. The van der Waals surface area contributed by atoms with Gasteiger partial charge in [0, 0.05) is 17.2 Å². The third kappa shape index (κ3) is 0.951. The molecule has 0 amide bonds. The molecule has 0 fully saturated rings. The van der Waals surface area contributed by atoms with Crippen LogP contribution < -0.4 is 5.32 Å². The summed E-state index contributed by atoms with van der Waals surface area (Å²) in [5, 5.41) is 3.05. The number of fused-ring (bicyclic) bond motifs is 1. The molecule has 1 N–H and O–H groups in total. The minimum absolute atomic E-state index is 0.154. The van der Waals surface area contributed by atoms with Crippen molar-refractivity contribution in [2.45, 2.75) is 19.3 Å². The Kier molecular flexibility index (Phi) is 1.34. The molecule has 2 heterocycles. The first-order chi connectivity index (χ1) is 5.59. The van der Waals surface area contributed by atoms with Gasteiger partial charge in [-0.1, -0.05) is 13.0 Å². The Morgan fingerprint density at radius 2 is 2.33 bits per heavy atom. The van der Waals surface area contributed by atoms with E-state index in [2.05, 4.69) is 19.2 Å². The molecule has 0 saturated carbocycles. The summed E-state index contributed by atoms with van der Waals surface area (Å²) in [5.41, 5.74) is 0.973. The van der Waals surface area contributed by atoms with Crippen molar-refractivity contribution < 1.29 is 4.42 Å². The highest BCUT2D eigenvalue weighted by molar-refractivity contribution is 5.55. The van der Waals surface area contributed by atoms with E-state index in [1.807, 2.05) is 25.3 Å². The molecule has 0 spiro atoms. The molecule has 0 bridgehead atoms. The van der Waals surface area contributed by atoms with Crippen molar-refractivity contribution in [1.29, 1.82) is 0 Å². The fraction of sp³-hybridized carbons (Fsp3) is 0.300. The molecule has 1 aliphatic rings. The standard InChI is InChI=1S/C10H12NO/c1-7-6-8-9(12-7)11-5-4-10(8,2)3/h4-6,11H,2H2,1,3H3. The zero-order chi connectivity index (χ0) is 8.77. The molecule has 1 aromatic heterocycles. The molecule has 1 atom stereocenters. The first-order valence-corrected chi connectivity index (χ1v) is 4.00. The zero-order valence-electron chi connectivity index (χ0n) is 7.35. The van der Waals surface area contributed by atoms with Gasteiger partial charge in [0.1, 0.15) is 5.76 Å². The maximum absolute atomic E-state index is 5.44. The first kappa shape index (κ1) is 7.47. The van der Waals surface area contributed by atoms with E-state index < -0.39 is 0 Å². The van der Waals surface area contributed by atoms with Crippen LogP contribution in [0.1, 0.15) is 18.2 Å². The van der Waals surface area contributed by atoms with Crippen molar-refractivity contribution >= 4 is 5.88 Å². The monoisotopic (exact) mass is 162 g/mol. The molecule has 1 aromatic rings. The van der Waals surface area contributed by atoms with Gasteiger partial charge in [0.2, 0.25) is 5.88 Å². The Labute approximate surface area is 72.3 Å². The summed E-state index contributed by atoms with van der Waals surface area (Å²) in [4.78, 5) is 0. The van der Waals surface area contributed by atoms with E-state index in [9.17, 15) is 0 Å². The molecule has 12 heavy (non-hydrogen) atoms. The molecule has 1 unspecified atom stereocenters. The van der Waals surface area contributed by atoms with E-state index in [1.165, 1.54) is 0 Å². The van der Waals surface area contributed by atoms with Gasteiger partial charge in [-0.3, -0.25) is 0 Å². The molecule has 2 rings (SSSR count). The van der Waals surface area contributed by atoms with E-state index in [4.69, 9.17) is 4.42 Å². The quantitative estimate of drug-likeness (QED) is 0.634. The predicted molar refractivity (Wildman–Crippen MR) is 48.9 cm³/mol. The highest BCUT2D eigenvalue weighted by Gasteiger charge is 2.26. The largest absolute Gasteiger partial charge is 0.445 e. The summed E-state index contributed by atoms with van der Waals surface area (Å²) in [6, 6.07) is 2.03. The van der Waals surface area contributed by atoms with Gasteiger partial charge < -0.3 is 9.73 Å². The van der Waals surface area contributed by atoms with Crippen LogP contribution in [0.15, 0.2) is 22.8 Å². The van der Waals surface area contributed by atoms with E-state index in [0.29, 0.717) is 0 Å². The second kappa shape index (κ2) is 2.16. The molecule has 1 aliphatic heterocycles. The van der Waals surface area contributed by atoms with Crippen LogP contribution >= 0.6 is 0 Å². The lowest BCUT2D eigenvalue weighted by Gasteiger charge is -2.23. The number of anilines is 1. The van der Waals surface area contributed by atoms with Crippen LogP contribution in [0, 0.1) is 13.8 Å². The van der Waals surface area contributed by atoms with Gasteiger partial charge in [0.05, 0.1) is 0 Å². The van der Waals surface area contributed by atoms with Crippen LogP contribution in [-0.4, -0.2) is 0 Å². The fourth-order valence-electron chi connectivity index (χ4n) is 1.44. The number of allylic oxidation sites excluding steroid dienone is 1. The molecule has 2 heteroatoms. The van der Waals surface area contributed by atoms with E-state index in [1.54, 1.807) is 0 Å². The number of aryl methyl sites for hydroxylation is 1. The Morgan fingerprint density at radius 3 is 3.00 bits per heavy atom. The molecule has 0 aliphatic carbocycles. The normalized spacial score (nSPS) is 18.6. The molecule has 63 valence electrons. The molecule has 0 saturated heterocycles. The number of hydrogen-bond donors (Lipinski definition) is 1. The zero-order valence-corrected chi connectivity index (χ0v) is 7.35. The van der Waals surface area contributed by atoms with Crippen LogP contribution in [0.4, 0.5) is 5.88 Å². The lowest BCUT2D eigenvalue weighted by atomic mass is 9.84. The third-order valence-corrected chi connectivity index (χ3v) is 2.14. The maximum atomic E-state index is 5.44. The van der Waals surface area contributed by atoms with Crippen LogP contribution in [0.5, 0.6) is 0 Å². The second-order valence-electron chi connectivity index (χ2n) is 3.49. The highest BCUT2D eigenvalue weighted by Crippen LogP contribution is 2.36. The van der Waals surface area contributed by atoms with Crippen molar-refractivity contribution in [2.24, 2.45) is 0 Å². The molecule has 1 radical (unpaired) electrons. The Bertz CT molecular complexity index is 334. The summed E-state index contributed by atoms with van der Waals surface area (Å²) in [6.07, 6.45) is 3.91. The molecular weight excluding hydrogens is 150 g/mol. The van der Waals surface area contributed by atoms with Gasteiger partial charge in [0.15, 0.2) is 0 Å². The minimum atomic E-state index is -0.154. The van der Waals surface area contributed by atoms with E-state index in [-0.39, 0.29) is 5.41 Å². The Hall–Kier alpha value is -1.18. The van der Waals surface area contributed by atoms with Crippen LogP contribution in [0.3, 0.4) is 0 Å². The van der Waals surface area contributed by atoms with E-state index in [0.717, 1.165) is 17.2 Å². The predicted octanol–water partition coefficient (Wildman–Crippen LogP) is 2.62. The second-order valence-corrected chi connectivity index (χ2v) is 3.49. The van der Waals surface area contributed by atoms with Crippen molar-refractivity contribution in [2.75, 3.05) is 5.32 Å². The van der Waals surface area contributed by atoms with Crippen molar-refractivity contribution in [3.63, 3.8) is 0 Å². The van der Waals surface area contributed by atoms with E-state index >= 15 is 0 Å². The van der Waals surface area contributed by atoms with Crippen molar-refractivity contribution in [3.8, 4) is 0 Å². The summed E-state index contributed by atoms with van der Waals surface area (Å²) < 4.78 is 5.44. The number of nitrogens with one attached hydrogen (secondary N) is 1. The first-order valence-electron chi connectivity index (χ1n) is 4.00. The molecular formula is C10H12NO. The lowest BCUT2D eigenvalue weighted by Crippen LogP contribution is -2.18. The summed E-state index contributed by atoms with van der Waals surface area (Å²) in [7, 11) is 0. The summed E-state index contributed by atoms with van der Waals surface area (Å²) in [5.74, 6) is 1.75. The maximum Gasteiger partial charge on any atom is 0.201 e. The van der Waals surface area contributed by atoms with Crippen LogP contribution in [0.25, 0.3) is 0 Å². The topological polar surface area (TPSA) is 25.2 Å². The summed E-state index contributed by atoms with van der Waals surface area (Å²) >= 11 is 0. The average Bonchev–Trinajstić information content (AvgIpc) is 2.30. The van der Waals surface area contributed by atoms with Gasteiger partial charge in [-0.2, -0.15) is 0 Å². The highest BCUT2D eigenvalue weighted by atomic mass is 16.4. The molecule has 0 aromatic carbocycles. The molecule has 2 nitrogen and oxygen atoms in total. The number of hydrogen-bond acceptors (Lipinski definition) is 2. The Balaban J connectivity index is 2.57. The van der Waals surface area contributed by atoms with Crippen LogP contribution in [-0.2, 0) is 5.41 Å². The third-order valence-electron chi connectivity index (χ3n) is 2.14. The number of furan rings is 1. The van der Waals surface area contributed by atoms with Crippen molar-refractivity contribution in [3.05, 3.63) is 36.6 Å². The average molecular weight is 162 g/mol. The van der Waals surface area contributed by atoms with Crippen LogP contribution in [0.2, 0.25) is 0 Å². The van der Waals surface area contributed by atoms with Gasteiger partial charge in [-0.25, -0.2) is 0 Å². The van der Waals surface area contributed by atoms with Gasteiger partial charge in [0.25, 0.3) is 0 Å². The van der Waals surface area contributed by atoms with Gasteiger partial charge >= 0.3 is 0 Å². The fourth-order valence-corrected chi connectivity index (χ4v) is 1.44. The van der Waals surface area contributed by atoms with Gasteiger partial charge in [-0.15, -0.1) is 0 Å². The minimum Gasteiger partial charge on any atom is -0.445 e. The smallest absolute Gasteiger partial charge is 0.201 e. The SMILES string of the molecule is [CH2]C1(C)C=CNc2oc(C)cc21. The van der Waals surface area contributed by atoms with Gasteiger partial charge in [-0.05, 0) is 19.9 Å². The summed E-state index contributed by atoms with van der Waals surface area (Å²) in [6.45, 7) is 8.11. The lowest BCUT2D eigenvalue weighted by molar-refractivity contribution is 0.543. The number of rotatable bonds is 0. The van der Waals surface area contributed by atoms with Crippen molar-refractivity contribution in [1.82, 2.24) is 0 Å².